The van der Waals surface area contributed by atoms with Gasteiger partial charge in [-0.15, -0.1) is 0 Å². The highest BCUT2D eigenvalue weighted by atomic mass is 35.5. The number of nitrogens with zero attached hydrogens (tertiary/aromatic N) is 2. The fourth-order valence-corrected chi connectivity index (χ4v) is 7.29. The largest absolute Gasteiger partial charge is 0.354 e. The zero-order valence-electron chi connectivity index (χ0n) is 25.6. The third-order valence-corrected chi connectivity index (χ3v) is 10.2. The zero-order chi connectivity index (χ0) is 33.3. The predicted molar refractivity (Wildman–Crippen MR) is 186 cm³/mol. The molecule has 1 atom stereocenters. The smallest absolute Gasteiger partial charge is 0.264 e. The Morgan fingerprint density at radius 1 is 0.848 bits per heavy atom. The van der Waals surface area contributed by atoms with Gasteiger partial charge in [-0.25, -0.2) is 8.42 Å². The minimum Gasteiger partial charge on any atom is -0.354 e. The van der Waals surface area contributed by atoms with Gasteiger partial charge in [0.15, 0.2) is 0 Å². The van der Waals surface area contributed by atoms with E-state index in [1.165, 1.54) is 17.0 Å². The Morgan fingerprint density at radius 3 is 2.09 bits per heavy atom. The molecule has 0 unspecified atom stereocenters. The summed E-state index contributed by atoms with van der Waals surface area (Å²) in [5.41, 5.74) is 2.10. The summed E-state index contributed by atoms with van der Waals surface area (Å²) in [6.07, 6.45) is 1.80. The Bertz CT molecular complexity index is 1740. The Balaban J connectivity index is 1.84. The molecule has 242 valence electrons. The van der Waals surface area contributed by atoms with Crippen molar-refractivity contribution in [3.8, 4) is 0 Å². The summed E-state index contributed by atoms with van der Waals surface area (Å²) in [7, 11) is -4.24. The summed E-state index contributed by atoms with van der Waals surface area (Å²) >= 11 is 19.4. The number of carbonyl (C=O) groups excluding carboxylic acids is 2. The van der Waals surface area contributed by atoms with Gasteiger partial charge in [0.05, 0.1) is 10.6 Å². The average molecular weight is 701 g/mol. The molecule has 0 spiro atoms. The van der Waals surface area contributed by atoms with E-state index in [9.17, 15) is 18.0 Å². The van der Waals surface area contributed by atoms with E-state index in [2.05, 4.69) is 5.32 Å². The van der Waals surface area contributed by atoms with Crippen molar-refractivity contribution in [3.63, 3.8) is 0 Å². The van der Waals surface area contributed by atoms with Gasteiger partial charge in [-0.2, -0.15) is 0 Å². The highest BCUT2D eigenvalue weighted by Crippen LogP contribution is 2.31. The van der Waals surface area contributed by atoms with Crippen LogP contribution in [0.2, 0.25) is 15.1 Å². The predicted octanol–water partition coefficient (Wildman–Crippen LogP) is 7.71. The number of anilines is 1. The van der Waals surface area contributed by atoms with Gasteiger partial charge in [0.2, 0.25) is 11.8 Å². The Morgan fingerprint density at radius 2 is 1.48 bits per heavy atom. The van der Waals surface area contributed by atoms with Gasteiger partial charge in [-0.1, -0.05) is 103 Å². The molecule has 0 aliphatic heterocycles. The molecular formula is C35H36Cl3N3O4S. The second-order valence-electron chi connectivity index (χ2n) is 10.8. The molecule has 7 nitrogen and oxygen atoms in total. The van der Waals surface area contributed by atoms with Crippen molar-refractivity contribution in [1.29, 1.82) is 0 Å². The number of rotatable bonds is 14. The molecule has 0 aromatic heterocycles. The van der Waals surface area contributed by atoms with E-state index >= 15 is 0 Å². The summed E-state index contributed by atoms with van der Waals surface area (Å²) in [5, 5.41) is 4.02. The van der Waals surface area contributed by atoms with Crippen LogP contribution in [0.3, 0.4) is 0 Å². The molecule has 46 heavy (non-hydrogen) atoms. The summed E-state index contributed by atoms with van der Waals surface area (Å²) in [6, 6.07) is 26.0. The van der Waals surface area contributed by atoms with Crippen molar-refractivity contribution >= 4 is 62.3 Å². The first-order chi connectivity index (χ1) is 22.0. The van der Waals surface area contributed by atoms with Gasteiger partial charge >= 0.3 is 0 Å². The second kappa shape index (κ2) is 16.3. The molecular weight excluding hydrogens is 665 g/mol. The van der Waals surface area contributed by atoms with Gasteiger partial charge in [0.1, 0.15) is 12.6 Å². The van der Waals surface area contributed by atoms with E-state index in [-0.39, 0.29) is 29.5 Å². The number of nitrogens with one attached hydrogen (secondary N) is 1. The maximum absolute atomic E-state index is 14.6. The first kappa shape index (κ1) is 35.3. The molecule has 4 aromatic rings. The summed E-state index contributed by atoms with van der Waals surface area (Å²) in [4.78, 5) is 29.9. The SMILES string of the molecule is CCCCNC(=O)[C@@H](Cc1ccccc1)N(Cc1c(Cl)cccc1Cl)C(=O)CN(c1ccc(Cl)cc1C)S(=O)(=O)c1ccccc1. The number of unbranched alkanes of at least 4 members (excludes halogenated alkanes) is 1. The van der Waals surface area contributed by atoms with E-state index in [1.54, 1.807) is 61.5 Å². The number of hydrogen-bond acceptors (Lipinski definition) is 4. The highest BCUT2D eigenvalue weighted by Gasteiger charge is 2.35. The van der Waals surface area contributed by atoms with Crippen LogP contribution in [0.25, 0.3) is 0 Å². The Kier molecular flexibility index (Phi) is 12.5. The van der Waals surface area contributed by atoms with Crippen LogP contribution in [-0.4, -0.2) is 44.3 Å². The summed E-state index contributed by atoms with van der Waals surface area (Å²) in [5.74, 6) is -0.981. The third kappa shape index (κ3) is 8.82. The van der Waals surface area contributed by atoms with Crippen LogP contribution in [0.15, 0.2) is 102 Å². The van der Waals surface area contributed by atoms with Crippen LogP contribution in [0.4, 0.5) is 5.69 Å². The van der Waals surface area contributed by atoms with Gasteiger partial charge in [-0.3, -0.25) is 13.9 Å². The molecule has 1 N–H and O–H groups in total. The molecule has 0 saturated heterocycles. The van der Waals surface area contributed by atoms with Gasteiger partial charge in [0.25, 0.3) is 10.0 Å². The molecule has 0 aliphatic carbocycles. The van der Waals surface area contributed by atoms with Crippen LogP contribution in [-0.2, 0) is 32.6 Å². The van der Waals surface area contributed by atoms with Gasteiger partial charge in [-0.05, 0) is 66.9 Å². The Labute approximate surface area is 286 Å². The fourth-order valence-electron chi connectivity index (χ4n) is 5.05. The van der Waals surface area contributed by atoms with Crippen molar-refractivity contribution in [1.82, 2.24) is 10.2 Å². The van der Waals surface area contributed by atoms with E-state index in [0.717, 1.165) is 22.7 Å². The van der Waals surface area contributed by atoms with Crippen LogP contribution < -0.4 is 9.62 Å². The van der Waals surface area contributed by atoms with Crippen molar-refractivity contribution in [3.05, 3.63) is 129 Å². The number of carbonyl (C=O) groups is 2. The number of amides is 2. The fraction of sp³-hybridized carbons (Fsp3) is 0.257. The molecule has 0 radical (unpaired) electrons. The normalized spacial score (nSPS) is 11.9. The maximum atomic E-state index is 14.6. The highest BCUT2D eigenvalue weighted by molar-refractivity contribution is 7.92. The van der Waals surface area contributed by atoms with E-state index in [0.29, 0.717) is 32.7 Å². The monoisotopic (exact) mass is 699 g/mol. The quantitative estimate of drug-likeness (QED) is 0.137. The lowest BCUT2D eigenvalue weighted by molar-refractivity contribution is -0.140. The van der Waals surface area contributed by atoms with Gasteiger partial charge in [0, 0.05) is 40.1 Å². The average Bonchev–Trinajstić information content (AvgIpc) is 3.04. The number of aryl methyl sites for hydroxylation is 1. The Hall–Kier alpha value is -3.56. The molecule has 0 bridgehead atoms. The topological polar surface area (TPSA) is 86.8 Å². The molecule has 0 fully saturated rings. The number of sulfonamides is 1. The molecule has 2 amide bonds. The van der Waals surface area contributed by atoms with Crippen molar-refractivity contribution in [2.75, 3.05) is 17.4 Å². The lowest BCUT2D eigenvalue weighted by Gasteiger charge is -2.34. The van der Waals surface area contributed by atoms with Crippen LogP contribution in [0.5, 0.6) is 0 Å². The molecule has 0 aliphatic rings. The molecule has 4 aromatic carbocycles. The van der Waals surface area contributed by atoms with Crippen LogP contribution in [0, 0.1) is 6.92 Å². The van der Waals surface area contributed by atoms with E-state index in [4.69, 9.17) is 34.8 Å². The number of hydrogen-bond donors (Lipinski definition) is 1. The first-order valence-corrected chi connectivity index (χ1v) is 17.5. The van der Waals surface area contributed by atoms with Crippen LogP contribution in [0.1, 0.15) is 36.5 Å². The maximum Gasteiger partial charge on any atom is 0.264 e. The first-order valence-electron chi connectivity index (χ1n) is 14.9. The third-order valence-electron chi connectivity index (χ3n) is 7.53. The standard InChI is InChI=1S/C35H36Cl3N3O4S/c1-3-4-20-39-35(43)33(22-26-12-7-5-8-13-26)40(23-29-30(37)16-11-17-31(29)38)34(42)24-41(32-19-18-27(36)21-25(32)2)46(44,45)28-14-9-6-10-15-28/h5-19,21,33H,3-4,20,22-24H2,1-2H3,(H,39,43)/t33-/m1/s1. The second-order valence-corrected chi connectivity index (χ2v) is 13.9. The van der Waals surface area contributed by atoms with Crippen molar-refractivity contribution in [2.45, 2.75) is 50.6 Å². The molecule has 4 rings (SSSR count). The van der Waals surface area contributed by atoms with Gasteiger partial charge < -0.3 is 10.2 Å². The molecule has 0 heterocycles. The lowest BCUT2D eigenvalue weighted by atomic mass is 10.0. The van der Waals surface area contributed by atoms with Crippen molar-refractivity contribution < 1.29 is 18.0 Å². The van der Waals surface area contributed by atoms with Crippen LogP contribution >= 0.6 is 34.8 Å². The minimum atomic E-state index is -4.24. The molecule has 11 heteroatoms. The zero-order valence-corrected chi connectivity index (χ0v) is 28.7. The number of halogens is 3. The summed E-state index contributed by atoms with van der Waals surface area (Å²) < 4.78 is 29.4. The molecule has 0 saturated carbocycles. The van der Waals surface area contributed by atoms with E-state index < -0.39 is 28.5 Å². The van der Waals surface area contributed by atoms with E-state index in [1.807, 2.05) is 37.3 Å². The lowest BCUT2D eigenvalue weighted by Crippen LogP contribution is -2.53. The summed E-state index contributed by atoms with van der Waals surface area (Å²) in [6.45, 7) is 3.43. The minimum absolute atomic E-state index is 0.0102. The van der Waals surface area contributed by atoms with Crippen molar-refractivity contribution in [2.24, 2.45) is 0 Å². The number of benzene rings is 4.